The van der Waals surface area contributed by atoms with Crippen LogP contribution in [0.15, 0.2) is 36.4 Å². The second-order valence-corrected chi connectivity index (χ2v) is 6.02. The largest absolute Gasteiger partial charge is 0.479 e. The van der Waals surface area contributed by atoms with Crippen LogP contribution in [-0.2, 0) is 11.0 Å². The highest BCUT2D eigenvalue weighted by Gasteiger charge is 2.31. The fourth-order valence-corrected chi connectivity index (χ4v) is 2.10. The van der Waals surface area contributed by atoms with Crippen LogP contribution in [0.3, 0.4) is 0 Å². The van der Waals surface area contributed by atoms with Crippen molar-refractivity contribution in [2.45, 2.75) is 19.2 Å². The predicted molar refractivity (Wildman–Crippen MR) is 100 cm³/mol. The summed E-state index contributed by atoms with van der Waals surface area (Å²) in [5, 5.41) is 20.4. The Labute approximate surface area is 170 Å². The van der Waals surface area contributed by atoms with Gasteiger partial charge in [-0.25, -0.2) is 4.79 Å². The molecule has 6 nitrogen and oxygen atoms in total. The first kappa shape index (κ1) is 24.1. The summed E-state index contributed by atoms with van der Waals surface area (Å²) < 4.78 is 48.6. The number of hydrogen-bond donors (Lipinski definition) is 2. The van der Waals surface area contributed by atoms with Gasteiger partial charge in [0.1, 0.15) is 23.3 Å². The highest BCUT2D eigenvalue weighted by Crippen LogP contribution is 2.37. The molecule has 29 heavy (non-hydrogen) atoms. The maximum Gasteiger partial charge on any atom is 0.416 e. The zero-order valence-corrected chi connectivity index (χ0v) is 16.4. The number of halogens is 4. The lowest BCUT2D eigenvalue weighted by Crippen LogP contribution is -2.23. The van der Waals surface area contributed by atoms with E-state index in [4.69, 9.17) is 31.4 Å². The van der Waals surface area contributed by atoms with Crippen LogP contribution < -0.4 is 14.8 Å². The number of nitrogens with zero attached hydrogens (tertiary/aromatic N) is 1. The van der Waals surface area contributed by atoms with Crippen LogP contribution in [0.4, 0.5) is 13.2 Å². The number of rotatable bonds is 5. The van der Waals surface area contributed by atoms with Crippen molar-refractivity contribution in [1.82, 2.24) is 5.32 Å². The van der Waals surface area contributed by atoms with E-state index in [1.807, 2.05) is 20.2 Å². The number of nitrogens with one attached hydrogen (secondary N) is 1. The van der Waals surface area contributed by atoms with Crippen molar-refractivity contribution in [3.8, 4) is 23.3 Å². The van der Waals surface area contributed by atoms with Crippen LogP contribution in [0, 0.1) is 11.3 Å². The molecule has 0 aliphatic carbocycles. The number of benzene rings is 2. The van der Waals surface area contributed by atoms with Gasteiger partial charge in [0.05, 0.1) is 16.1 Å². The number of aliphatic carboxylic acids is 1. The number of alkyl halides is 3. The van der Waals surface area contributed by atoms with Crippen molar-refractivity contribution in [1.29, 1.82) is 5.26 Å². The molecule has 0 aliphatic heterocycles. The zero-order chi connectivity index (χ0) is 22.2. The van der Waals surface area contributed by atoms with E-state index in [9.17, 15) is 18.0 Å². The molecule has 1 atom stereocenters. The SMILES string of the molecule is CC(Oc1cc(Oc2ccc(C(F)(F)F)cc2Cl)ccc1C#N)C(=O)O.CNC. The summed E-state index contributed by atoms with van der Waals surface area (Å²) in [5.41, 5.74) is -0.849. The highest BCUT2D eigenvalue weighted by atomic mass is 35.5. The molecule has 2 N–H and O–H groups in total. The van der Waals surface area contributed by atoms with E-state index in [2.05, 4.69) is 5.32 Å². The van der Waals surface area contributed by atoms with Crippen LogP contribution in [0.2, 0.25) is 5.02 Å². The third kappa shape index (κ3) is 7.18. The van der Waals surface area contributed by atoms with Gasteiger partial charge in [-0.05, 0) is 51.4 Å². The summed E-state index contributed by atoms with van der Waals surface area (Å²) in [5.74, 6) is -1.20. The third-order valence-corrected chi connectivity index (χ3v) is 3.51. The van der Waals surface area contributed by atoms with E-state index in [0.29, 0.717) is 0 Å². The molecular weight excluding hydrogens is 413 g/mol. The number of hydrogen-bond acceptors (Lipinski definition) is 5. The van der Waals surface area contributed by atoms with E-state index in [0.717, 1.165) is 18.2 Å². The van der Waals surface area contributed by atoms with Crippen LogP contribution >= 0.6 is 11.6 Å². The van der Waals surface area contributed by atoms with Gasteiger partial charge >= 0.3 is 12.1 Å². The van der Waals surface area contributed by atoms with Gasteiger partial charge in [0.2, 0.25) is 0 Å². The average Bonchev–Trinajstić information content (AvgIpc) is 2.63. The number of carbonyl (C=O) groups is 1. The maximum atomic E-state index is 12.7. The van der Waals surface area contributed by atoms with E-state index < -0.39 is 23.8 Å². The lowest BCUT2D eigenvalue weighted by Gasteiger charge is -2.14. The van der Waals surface area contributed by atoms with Crippen LogP contribution in [0.5, 0.6) is 17.2 Å². The second-order valence-electron chi connectivity index (χ2n) is 5.61. The molecule has 0 radical (unpaired) electrons. The quantitative estimate of drug-likeness (QED) is 0.713. The van der Waals surface area contributed by atoms with E-state index in [1.165, 1.54) is 25.1 Å². The smallest absolute Gasteiger partial charge is 0.416 e. The normalized spacial score (nSPS) is 11.5. The molecule has 0 aromatic heterocycles. The molecule has 0 amide bonds. The fourth-order valence-electron chi connectivity index (χ4n) is 1.88. The number of ether oxygens (including phenoxy) is 2. The molecule has 0 saturated carbocycles. The van der Waals surface area contributed by atoms with Crippen molar-refractivity contribution in [2.24, 2.45) is 0 Å². The standard InChI is InChI=1S/C17H11ClF3NO4.C2H7N/c1-9(16(23)24)25-15-7-12(4-2-10(15)8-22)26-14-5-3-11(6-13(14)18)17(19,20)21;1-3-2/h2-7,9H,1H3,(H,23,24);3H,1-2H3. The summed E-state index contributed by atoms with van der Waals surface area (Å²) in [6.45, 7) is 1.28. The predicted octanol–water partition coefficient (Wildman–Crippen LogP) is 4.71. The molecule has 0 aliphatic rings. The Kier molecular flexibility index (Phi) is 8.76. The summed E-state index contributed by atoms with van der Waals surface area (Å²) in [7, 11) is 3.75. The molecule has 0 bridgehead atoms. The monoisotopic (exact) mass is 430 g/mol. The summed E-state index contributed by atoms with van der Waals surface area (Å²) in [6.07, 6.45) is -5.75. The minimum atomic E-state index is -4.54. The first-order chi connectivity index (χ1) is 13.5. The molecule has 1 unspecified atom stereocenters. The lowest BCUT2D eigenvalue weighted by molar-refractivity contribution is -0.144. The van der Waals surface area contributed by atoms with E-state index >= 15 is 0 Å². The third-order valence-electron chi connectivity index (χ3n) is 3.21. The number of carboxylic acid groups (broad SMARTS) is 1. The molecular formula is C19H18ClF3N2O4. The number of carboxylic acids is 1. The first-order valence-corrected chi connectivity index (χ1v) is 8.48. The molecule has 0 saturated heterocycles. The van der Waals surface area contributed by atoms with Gasteiger partial charge in [-0.15, -0.1) is 0 Å². The molecule has 2 aromatic rings. The average molecular weight is 431 g/mol. The van der Waals surface area contributed by atoms with Crippen LogP contribution in [-0.4, -0.2) is 31.3 Å². The maximum absolute atomic E-state index is 12.7. The number of nitriles is 1. The lowest BCUT2D eigenvalue weighted by atomic mass is 10.2. The van der Waals surface area contributed by atoms with Gasteiger partial charge in [-0.3, -0.25) is 0 Å². The fraction of sp³-hybridized carbons (Fsp3) is 0.263. The van der Waals surface area contributed by atoms with Gasteiger partial charge in [0, 0.05) is 6.07 Å². The molecule has 2 rings (SSSR count). The highest BCUT2D eigenvalue weighted by molar-refractivity contribution is 6.32. The summed E-state index contributed by atoms with van der Waals surface area (Å²) in [6, 6.07) is 8.41. The minimum Gasteiger partial charge on any atom is -0.479 e. The van der Waals surface area contributed by atoms with Gasteiger partial charge in [0.25, 0.3) is 0 Å². The zero-order valence-electron chi connectivity index (χ0n) is 15.7. The molecule has 2 aromatic carbocycles. The molecule has 0 fully saturated rings. The summed E-state index contributed by atoms with van der Waals surface area (Å²) in [4.78, 5) is 10.9. The van der Waals surface area contributed by atoms with Gasteiger partial charge in [0.15, 0.2) is 6.10 Å². The van der Waals surface area contributed by atoms with Crippen molar-refractivity contribution in [3.63, 3.8) is 0 Å². The second kappa shape index (κ2) is 10.5. The minimum absolute atomic E-state index is 0.0389. The Hall–Kier alpha value is -2.96. The Bertz CT molecular complexity index is 898. The van der Waals surface area contributed by atoms with Crippen molar-refractivity contribution in [2.75, 3.05) is 14.1 Å². The van der Waals surface area contributed by atoms with Crippen molar-refractivity contribution in [3.05, 3.63) is 52.5 Å². The van der Waals surface area contributed by atoms with Crippen LogP contribution in [0.25, 0.3) is 0 Å². The summed E-state index contributed by atoms with van der Waals surface area (Å²) >= 11 is 5.82. The van der Waals surface area contributed by atoms with Crippen molar-refractivity contribution >= 4 is 17.6 Å². The van der Waals surface area contributed by atoms with E-state index in [1.54, 1.807) is 0 Å². The molecule has 0 spiro atoms. The Morgan fingerprint density at radius 3 is 2.31 bits per heavy atom. The molecule has 0 heterocycles. The Balaban J connectivity index is 0.00000132. The topological polar surface area (TPSA) is 91.6 Å². The van der Waals surface area contributed by atoms with Gasteiger partial charge in [-0.2, -0.15) is 18.4 Å². The van der Waals surface area contributed by atoms with E-state index in [-0.39, 0.29) is 27.8 Å². The van der Waals surface area contributed by atoms with Crippen LogP contribution in [0.1, 0.15) is 18.1 Å². The van der Waals surface area contributed by atoms with Crippen molar-refractivity contribution < 1.29 is 32.5 Å². The Morgan fingerprint density at radius 2 is 1.83 bits per heavy atom. The molecule has 10 heteroatoms. The first-order valence-electron chi connectivity index (χ1n) is 8.10. The van der Waals surface area contributed by atoms with Gasteiger partial charge in [-0.1, -0.05) is 11.6 Å². The molecule has 156 valence electrons. The Morgan fingerprint density at radius 1 is 1.21 bits per heavy atom. The van der Waals surface area contributed by atoms with Gasteiger partial charge < -0.3 is 19.9 Å².